The lowest BCUT2D eigenvalue weighted by Gasteiger charge is -2.16. The molecule has 0 aromatic rings. The van der Waals surface area contributed by atoms with Crippen LogP contribution >= 0.6 is 0 Å². The lowest BCUT2D eigenvalue weighted by molar-refractivity contribution is 0.372. The van der Waals surface area contributed by atoms with Gasteiger partial charge in [-0.3, -0.25) is 0 Å². The van der Waals surface area contributed by atoms with Crippen molar-refractivity contribution in [3.05, 3.63) is 0 Å². The first-order valence-corrected chi connectivity index (χ1v) is 8.55. The fourth-order valence-corrected chi connectivity index (χ4v) is 2.73. The van der Waals surface area contributed by atoms with Gasteiger partial charge in [0.2, 0.25) is 0 Å². The highest BCUT2D eigenvalue weighted by Gasteiger charge is 2.07. The molecule has 1 unspecified atom stereocenters. The third-order valence-electron chi connectivity index (χ3n) is 4.00. The van der Waals surface area contributed by atoms with Crippen LogP contribution in [-0.2, 0) is 0 Å². The number of unbranched alkanes of at least 4 members (excludes halogenated alkanes) is 7. The van der Waals surface area contributed by atoms with Crippen LogP contribution in [0.25, 0.3) is 0 Å². The zero-order valence-corrected chi connectivity index (χ0v) is 13.1. The van der Waals surface area contributed by atoms with Gasteiger partial charge in [0, 0.05) is 0 Å². The second kappa shape index (κ2) is 15.0. The normalized spacial score (nSPS) is 12.8. The molecule has 0 aliphatic heterocycles. The van der Waals surface area contributed by atoms with Gasteiger partial charge in [0.25, 0.3) is 0 Å². The predicted molar refractivity (Wildman–Crippen MR) is 83.9 cm³/mol. The summed E-state index contributed by atoms with van der Waals surface area (Å²) in [5.74, 6) is 0.990. The van der Waals surface area contributed by atoms with Gasteiger partial charge in [0.1, 0.15) is 0 Å². The lowest BCUT2D eigenvalue weighted by Crippen LogP contribution is -2.04. The molecule has 0 radical (unpaired) electrons. The Labute approximate surface area is 116 Å². The summed E-state index contributed by atoms with van der Waals surface area (Å²) < 4.78 is 0. The number of hydrogen-bond acceptors (Lipinski definition) is 1. The highest BCUT2D eigenvalue weighted by atomic mass is 14.5. The summed E-state index contributed by atoms with van der Waals surface area (Å²) >= 11 is 0. The quantitative estimate of drug-likeness (QED) is 0.397. The maximum Gasteiger partial charge on any atom is -0.00773 e. The second-order valence-corrected chi connectivity index (χ2v) is 5.85. The van der Waals surface area contributed by atoms with Crippen molar-refractivity contribution in [1.29, 1.82) is 0 Å². The third kappa shape index (κ3) is 12.4. The van der Waals surface area contributed by atoms with Gasteiger partial charge >= 0.3 is 0 Å². The molecule has 110 valence electrons. The molecule has 0 bridgehead atoms. The van der Waals surface area contributed by atoms with Gasteiger partial charge in [0.05, 0.1) is 0 Å². The van der Waals surface area contributed by atoms with Crippen LogP contribution in [0, 0.1) is 5.92 Å². The summed E-state index contributed by atoms with van der Waals surface area (Å²) in [6.45, 7) is 5.47. The summed E-state index contributed by atoms with van der Waals surface area (Å²) in [6.07, 6.45) is 18.3. The second-order valence-electron chi connectivity index (χ2n) is 5.85. The number of nitrogens with two attached hydrogens (primary N) is 1. The van der Waals surface area contributed by atoms with Crippen LogP contribution < -0.4 is 5.73 Å². The van der Waals surface area contributed by atoms with Crippen molar-refractivity contribution >= 4 is 0 Å². The van der Waals surface area contributed by atoms with E-state index in [1.165, 1.54) is 83.5 Å². The maximum atomic E-state index is 5.59. The number of hydrogen-bond donors (Lipinski definition) is 1. The van der Waals surface area contributed by atoms with E-state index in [1.54, 1.807) is 0 Å². The largest absolute Gasteiger partial charge is 0.330 e. The van der Waals surface area contributed by atoms with Crippen molar-refractivity contribution in [3.63, 3.8) is 0 Å². The van der Waals surface area contributed by atoms with Crippen LogP contribution in [0.5, 0.6) is 0 Å². The average molecular weight is 255 g/mol. The summed E-state index contributed by atoms with van der Waals surface area (Å²) in [4.78, 5) is 0. The Bertz CT molecular complexity index is 135. The first-order chi connectivity index (χ1) is 8.85. The van der Waals surface area contributed by atoms with E-state index in [-0.39, 0.29) is 0 Å². The van der Waals surface area contributed by atoms with E-state index < -0.39 is 0 Å². The van der Waals surface area contributed by atoms with Gasteiger partial charge < -0.3 is 5.73 Å². The summed E-state index contributed by atoms with van der Waals surface area (Å²) in [5.41, 5.74) is 5.59. The Kier molecular flexibility index (Phi) is 15.0. The van der Waals surface area contributed by atoms with Crippen molar-refractivity contribution in [2.75, 3.05) is 6.54 Å². The minimum absolute atomic E-state index is 0.873. The standard InChI is InChI=1S/C17H37N/c1-3-5-7-8-10-14-17(13-9-6-4-2)15-11-12-16-18/h17H,3-16,18H2,1-2H3. The smallest absolute Gasteiger partial charge is 0.00773 e. The first kappa shape index (κ1) is 18.0. The molecule has 2 N–H and O–H groups in total. The molecule has 0 aromatic heterocycles. The van der Waals surface area contributed by atoms with E-state index in [0.29, 0.717) is 0 Å². The highest BCUT2D eigenvalue weighted by molar-refractivity contribution is 4.61. The Balaban J connectivity index is 3.60. The van der Waals surface area contributed by atoms with Crippen molar-refractivity contribution in [3.8, 4) is 0 Å². The average Bonchev–Trinajstić information content (AvgIpc) is 2.38. The molecular weight excluding hydrogens is 218 g/mol. The van der Waals surface area contributed by atoms with Gasteiger partial charge in [-0.15, -0.1) is 0 Å². The van der Waals surface area contributed by atoms with E-state index in [2.05, 4.69) is 13.8 Å². The molecule has 18 heavy (non-hydrogen) atoms. The molecule has 0 rings (SSSR count). The van der Waals surface area contributed by atoms with Crippen molar-refractivity contribution in [2.45, 2.75) is 97.3 Å². The van der Waals surface area contributed by atoms with Crippen LogP contribution in [0.15, 0.2) is 0 Å². The topological polar surface area (TPSA) is 26.0 Å². The molecule has 0 fully saturated rings. The van der Waals surface area contributed by atoms with Crippen molar-refractivity contribution in [2.24, 2.45) is 11.7 Å². The van der Waals surface area contributed by atoms with Gasteiger partial charge in [-0.1, -0.05) is 90.9 Å². The van der Waals surface area contributed by atoms with E-state index in [4.69, 9.17) is 5.73 Å². The summed E-state index contributed by atoms with van der Waals surface area (Å²) in [7, 11) is 0. The monoisotopic (exact) mass is 255 g/mol. The Morgan fingerprint density at radius 1 is 0.611 bits per heavy atom. The lowest BCUT2D eigenvalue weighted by atomic mass is 9.90. The first-order valence-electron chi connectivity index (χ1n) is 8.55. The number of rotatable bonds is 14. The Morgan fingerprint density at radius 3 is 1.61 bits per heavy atom. The Morgan fingerprint density at radius 2 is 1.06 bits per heavy atom. The molecule has 0 aromatic carbocycles. The minimum atomic E-state index is 0.873. The molecule has 0 amide bonds. The molecule has 0 aliphatic rings. The van der Waals surface area contributed by atoms with Gasteiger partial charge in [-0.25, -0.2) is 0 Å². The molecule has 1 heteroatoms. The molecule has 0 saturated heterocycles. The Hall–Kier alpha value is -0.0400. The van der Waals surface area contributed by atoms with Crippen molar-refractivity contribution < 1.29 is 0 Å². The zero-order valence-electron chi connectivity index (χ0n) is 13.1. The van der Waals surface area contributed by atoms with Gasteiger partial charge in [-0.2, -0.15) is 0 Å². The third-order valence-corrected chi connectivity index (χ3v) is 4.00. The fourth-order valence-electron chi connectivity index (χ4n) is 2.73. The molecule has 0 aliphatic carbocycles. The van der Waals surface area contributed by atoms with Crippen LogP contribution in [0.3, 0.4) is 0 Å². The van der Waals surface area contributed by atoms with Crippen LogP contribution in [0.4, 0.5) is 0 Å². The predicted octanol–water partition coefficient (Wildman–Crippen LogP) is 5.67. The van der Waals surface area contributed by atoms with Crippen molar-refractivity contribution in [1.82, 2.24) is 0 Å². The molecule has 0 spiro atoms. The van der Waals surface area contributed by atoms with Crippen LogP contribution in [0.2, 0.25) is 0 Å². The highest BCUT2D eigenvalue weighted by Crippen LogP contribution is 2.23. The molecule has 0 saturated carbocycles. The maximum absolute atomic E-state index is 5.59. The van der Waals surface area contributed by atoms with E-state index in [1.807, 2.05) is 0 Å². The van der Waals surface area contributed by atoms with E-state index >= 15 is 0 Å². The molecule has 1 nitrogen and oxygen atoms in total. The van der Waals surface area contributed by atoms with Crippen LogP contribution in [-0.4, -0.2) is 6.54 Å². The van der Waals surface area contributed by atoms with Gasteiger partial charge in [-0.05, 0) is 18.9 Å². The van der Waals surface area contributed by atoms with E-state index in [9.17, 15) is 0 Å². The zero-order chi connectivity index (χ0) is 13.5. The molecule has 0 heterocycles. The minimum Gasteiger partial charge on any atom is -0.330 e. The van der Waals surface area contributed by atoms with Crippen LogP contribution in [0.1, 0.15) is 97.3 Å². The molecular formula is C17H37N. The summed E-state index contributed by atoms with van der Waals surface area (Å²) in [6, 6.07) is 0. The SMILES string of the molecule is CCCCCCCC(CCCCC)CCCCN. The van der Waals surface area contributed by atoms with Gasteiger partial charge in [0.15, 0.2) is 0 Å². The summed E-state index contributed by atoms with van der Waals surface area (Å²) in [5, 5.41) is 0. The fraction of sp³-hybridized carbons (Fsp3) is 1.00. The van der Waals surface area contributed by atoms with E-state index in [0.717, 1.165) is 12.5 Å². The molecule has 1 atom stereocenters.